The number of carbonyl (C=O) groups is 1. The van der Waals surface area contributed by atoms with E-state index < -0.39 is 0 Å². The Morgan fingerprint density at radius 1 is 1.19 bits per heavy atom. The zero-order valence-corrected chi connectivity index (χ0v) is 18.2. The molecule has 1 saturated carbocycles. The summed E-state index contributed by atoms with van der Waals surface area (Å²) in [4.78, 5) is 20.2. The smallest absolute Gasteiger partial charge is 0.221 e. The Kier molecular flexibility index (Phi) is 5.31. The first-order valence-electron chi connectivity index (χ1n) is 10.8. The van der Waals surface area contributed by atoms with Crippen LogP contribution in [0.25, 0.3) is 5.65 Å². The third-order valence-corrected chi connectivity index (χ3v) is 7.84. The third kappa shape index (κ3) is 3.87. The monoisotopic (exact) mass is 437 g/mol. The fourth-order valence-electron chi connectivity index (χ4n) is 5.03. The summed E-state index contributed by atoms with van der Waals surface area (Å²) in [6, 6.07) is 8.16. The first-order valence-corrected chi connectivity index (χ1v) is 11.6. The van der Waals surface area contributed by atoms with Crippen molar-refractivity contribution in [3.63, 3.8) is 0 Å². The van der Waals surface area contributed by atoms with E-state index in [1.807, 2.05) is 34.9 Å². The number of carbonyl (C=O) groups excluding carboxylic acids is 1. The van der Waals surface area contributed by atoms with Gasteiger partial charge in [0.2, 0.25) is 11.9 Å². The molecule has 1 aliphatic carbocycles. The number of benzene rings is 1. The summed E-state index contributed by atoms with van der Waals surface area (Å²) in [7, 11) is 0. The number of anilines is 1. The summed E-state index contributed by atoms with van der Waals surface area (Å²) in [5.74, 6) is 0.562. The highest BCUT2D eigenvalue weighted by atomic mass is 32.2. The van der Waals surface area contributed by atoms with Crippen LogP contribution in [0.1, 0.15) is 37.7 Å². The minimum Gasteiger partial charge on any atom is -0.369 e. The first kappa shape index (κ1) is 20.3. The van der Waals surface area contributed by atoms with Gasteiger partial charge in [-0.25, -0.2) is 9.38 Å². The number of rotatable bonds is 5. The predicted octanol–water partition coefficient (Wildman–Crippen LogP) is 2.40. The molecule has 1 aliphatic heterocycles. The molecule has 8 nitrogen and oxygen atoms in total. The molecule has 5 rings (SSSR count). The number of fused-ring (bicyclic) bond motifs is 1. The fourth-order valence-corrected chi connectivity index (χ4v) is 5.90. The van der Waals surface area contributed by atoms with Gasteiger partial charge in [-0.1, -0.05) is 30.3 Å². The van der Waals surface area contributed by atoms with Crippen molar-refractivity contribution in [3.8, 4) is 0 Å². The highest BCUT2D eigenvalue weighted by Gasteiger charge is 2.43. The average Bonchev–Trinajstić information content (AvgIpc) is 3.38. The van der Waals surface area contributed by atoms with Gasteiger partial charge in [0.15, 0.2) is 5.65 Å². The van der Waals surface area contributed by atoms with Crippen LogP contribution in [-0.4, -0.2) is 44.6 Å². The van der Waals surface area contributed by atoms with Crippen molar-refractivity contribution in [2.75, 3.05) is 18.0 Å². The maximum Gasteiger partial charge on any atom is 0.221 e. The molecule has 1 amide bonds. The van der Waals surface area contributed by atoms with E-state index >= 15 is 0 Å². The molecular formula is C22H27N7OS. The lowest BCUT2D eigenvalue weighted by Crippen LogP contribution is -2.47. The second-order valence-electron chi connectivity index (χ2n) is 8.68. The average molecular weight is 438 g/mol. The molecule has 2 fully saturated rings. The normalized spacial score (nSPS) is 20.5. The largest absolute Gasteiger partial charge is 0.369 e. The maximum atomic E-state index is 11.1. The van der Waals surface area contributed by atoms with Gasteiger partial charge in [0.25, 0.3) is 0 Å². The number of amides is 1. The number of hydrogen-bond donors (Lipinski definition) is 2. The molecule has 1 spiro atoms. The van der Waals surface area contributed by atoms with Crippen molar-refractivity contribution in [2.24, 2.45) is 16.9 Å². The molecule has 1 saturated heterocycles. The molecule has 162 valence electrons. The Bertz CT molecular complexity index is 1090. The standard InChI is InChI=1S/C22H27N7OS/c23-18-2-1-7-22(18)8-10-28(11-9-22)21-25-13-17(20-27-26-14-29(20)21)31-16-5-3-15(4-6-16)12-19(24)30/h3-6,13-14,18H,1-2,7-12,23H2,(H2,24,30). The molecule has 4 N–H and O–H groups in total. The molecule has 3 aromatic rings. The van der Waals surface area contributed by atoms with Crippen molar-refractivity contribution >= 4 is 29.3 Å². The van der Waals surface area contributed by atoms with Crippen molar-refractivity contribution < 1.29 is 4.79 Å². The Balaban J connectivity index is 1.34. The van der Waals surface area contributed by atoms with Gasteiger partial charge in [0, 0.05) is 30.2 Å². The van der Waals surface area contributed by atoms with Gasteiger partial charge >= 0.3 is 0 Å². The van der Waals surface area contributed by atoms with Gasteiger partial charge in [0.1, 0.15) is 6.33 Å². The van der Waals surface area contributed by atoms with Crippen LogP contribution in [0.15, 0.2) is 46.6 Å². The lowest BCUT2D eigenvalue weighted by Gasteiger charge is -2.42. The van der Waals surface area contributed by atoms with Crippen LogP contribution in [0.2, 0.25) is 0 Å². The van der Waals surface area contributed by atoms with Crippen molar-refractivity contribution in [1.29, 1.82) is 0 Å². The minimum absolute atomic E-state index is 0.248. The van der Waals surface area contributed by atoms with Gasteiger partial charge in [0.05, 0.1) is 11.3 Å². The summed E-state index contributed by atoms with van der Waals surface area (Å²) in [6.45, 7) is 1.92. The van der Waals surface area contributed by atoms with Crippen LogP contribution in [0.3, 0.4) is 0 Å². The highest BCUT2D eigenvalue weighted by molar-refractivity contribution is 7.99. The van der Waals surface area contributed by atoms with Crippen molar-refractivity contribution in [3.05, 3.63) is 42.4 Å². The van der Waals surface area contributed by atoms with Crippen molar-refractivity contribution in [1.82, 2.24) is 19.6 Å². The lowest BCUT2D eigenvalue weighted by atomic mass is 9.74. The van der Waals surface area contributed by atoms with E-state index in [0.717, 1.165) is 59.3 Å². The van der Waals surface area contributed by atoms with Gasteiger partial charge in [-0.3, -0.25) is 4.79 Å². The molecule has 0 bridgehead atoms. The lowest BCUT2D eigenvalue weighted by molar-refractivity contribution is -0.117. The van der Waals surface area contributed by atoms with Crippen LogP contribution in [-0.2, 0) is 11.2 Å². The fraction of sp³-hybridized carbons (Fsp3) is 0.455. The Labute approximate surface area is 185 Å². The SMILES string of the molecule is NC(=O)Cc1ccc(Sc2cnc(N3CCC4(CCCC4N)CC3)n3cnnc23)cc1. The van der Waals surface area contributed by atoms with E-state index in [4.69, 9.17) is 16.5 Å². The second kappa shape index (κ2) is 8.12. The van der Waals surface area contributed by atoms with Gasteiger partial charge in [-0.05, 0) is 48.8 Å². The minimum atomic E-state index is -0.330. The Hall–Kier alpha value is -2.65. The number of primary amides is 1. The summed E-state index contributed by atoms with van der Waals surface area (Å²) >= 11 is 1.58. The maximum absolute atomic E-state index is 11.1. The molecule has 0 radical (unpaired) electrons. The Morgan fingerprint density at radius 2 is 1.97 bits per heavy atom. The first-order chi connectivity index (χ1) is 15.0. The van der Waals surface area contributed by atoms with Crippen LogP contribution in [0, 0.1) is 5.41 Å². The highest BCUT2D eigenvalue weighted by Crippen LogP contribution is 2.46. The summed E-state index contributed by atoms with van der Waals surface area (Å²) in [5.41, 5.74) is 13.7. The summed E-state index contributed by atoms with van der Waals surface area (Å²) in [6.07, 6.45) is 9.77. The number of aromatic nitrogens is 4. The Morgan fingerprint density at radius 3 is 2.65 bits per heavy atom. The molecule has 31 heavy (non-hydrogen) atoms. The number of piperidine rings is 1. The second-order valence-corrected chi connectivity index (χ2v) is 9.80. The van der Waals surface area contributed by atoms with Gasteiger partial charge < -0.3 is 16.4 Å². The molecule has 9 heteroatoms. The molecule has 1 atom stereocenters. The number of nitrogens with two attached hydrogens (primary N) is 2. The summed E-state index contributed by atoms with van der Waals surface area (Å²) in [5, 5.41) is 8.50. The van der Waals surface area contributed by atoms with Crippen LogP contribution in [0.4, 0.5) is 5.95 Å². The van der Waals surface area contributed by atoms with Crippen LogP contribution < -0.4 is 16.4 Å². The number of nitrogens with zero attached hydrogens (tertiary/aromatic N) is 5. The van der Waals surface area contributed by atoms with Crippen molar-refractivity contribution in [2.45, 2.75) is 54.4 Å². The third-order valence-electron chi connectivity index (χ3n) is 6.83. The molecule has 1 aromatic carbocycles. The molecule has 3 heterocycles. The number of hydrogen-bond acceptors (Lipinski definition) is 7. The molecule has 2 aliphatic rings. The van der Waals surface area contributed by atoms with E-state index in [0.29, 0.717) is 11.5 Å². The van der Waals surface area contributed by atoms with Crippen LogP contribution in [0.5, 0.6) is 0 Å². The molecular weight excluding hydrogens is 410 g/mol. The topological polar surface area (TPSA) is 115 Å². The molecule has 1 unspecified atom stereocenters. The van der Waals surface area contributed by atoms with E-state index in [2.05, 4.69) is 15.1 Å². The zero-order chi connectivity index (χ0) is 21.4. The predicted molar refractivity (Wildman–Crippen MR) is 120 cm³/mol. The van der Waals surface area contributed by atoms with Crippen LogP contribution >= 0.6 is 11.8 Å². The van der Waals surface area contributed by atoms with Gasteiger partial charge in [-0.15, -0.1) is 10.2 Å². The van der Waals surface area contributed by atoms with Gasteiger partial charge in [-0.2, -0.15) is 0 Å². The van der Waals surface area contributed by atoms with E-state index in [9.17, 15) is 4.79 Å². The van der Waals surface area contributed by atoms with E-state index in [1.54, 1.807) is 18.1 Å². The zero-order valence-electron chi connectivity index (χ0n) is 17.4. The van der Waals surface area contributed by atoms with E-state index in [-0.39, 0.29) is 12.3 Å². The van der Waals surface area contributed by atoms with E-state index in [1.165, 1.54) is 12.8 Å². The quantitative estimate of drug-likeness (QED) is 0.630. The molecule has 2 aromatic heterocycles. The summed E-state index contributed by atoms with van der Waals surface area (Å²) < 4.78 is 1.98.